The molecule has 84 valence electrons. The van der Waals surface area contributed by atoms with Gasteiger partial charge in [0.1, 0.15) is 6.61 Å². The Labute approximate surface area is 89.2 Å². The summed E-state index contributed by atoms with van der Waals surface area (Å²) in [6.07, 6.45) is 1.29. The van der Waals surface area contributed by atoms with Gasteiger partial charge in [-0.3, -0.25) is 4.79 Å². The molecule has 0 bridgehead atoms. The Hall–Kier alpha value is -0.393. The van der Waals surface area contributed by atoms with E-state index in [0.717, 1.165) is 26.2 Å². The van der Waals surface area contributed by atoms with Gasteiger partial charge >= 0.3 is 5.97 Å². The SMILES string of the molecule is CC(=O)OCCNCCNCCC[SiH3]. The largest absolute Gasteiger partial charge is 0.465 e. The van der Waals surface area contributed by atoms with Crippen LogP contribution in [0, 0.1) is 0 Å². The maximum absolute atomic E-state index is 10.4. The Balaban J connectivity index is 2.88. The second-order valence-corrected chi connectivity index (χ2v) is 4.19. The third-order valence-electron chi connectivity index (χ3n) is 1.77. The van der Waals surface area contributed by atoms with Gasteiger partial charge < -0.3 is 15.4 Å². The monoisotopic (exact) mass is 218 g/mol. The second-order valence-electron chi connectivity index (χ2n) is 3.19. The van der Waals surface area contributed by atoms with Gasteiger partial charge in [-0.15, -0.1) is 0 Å². The van der Waals surface area contributed by atoms with Gasteiger partial charge in [0.05, 0.1) is 0 Å². The van der Waals surface area contributed by atoms with Crippen molar-refractivity contribution in [1.29, 1.82) is 0 Å². The first-order chi connectivity index (χ1) is 6.77. The van der Waals surface area contributed by atoms with E-state index >= 15 is 0 Å². The quantitative estimate of drug-likeness (QED) is 0.293. The zero-order chi connectivity index (χ0) is 10.6. The molecule has 0 aliphatic rings. The van der Waals surface area contributed by atoms with Crippen molar-refractivity contribution in [1.82, 2.24) is 10.6 Å². The van der Waals surface area contributed by atoms with Crippen LogP contribution in [-0.4, -0.2) is 49.0 Å². The van der Waals surface area contributed by atoms with Crippen LogP contribution < -0.4 is 10.6 Å². The van der Waals surface area contributed by atoms with Crippen LogP contribution >= 0.6 is 0 Å². The van der Waals surface area contributed by atoms with Crippen LogP contribution in [0.4, 0.5) is 0 Å². The highest BCUT2D eigenvalue weighted by Gasteiger charge is 1.91. The normalized spacial score (nSPS) is 10.4. The maximum Gasteiger partial charge on any atom is 0.302 e. The first-order valence-electron chi connectivity index (χ1n) is 5.32. The van der Waals surface area contributed by atoms with Crippen LogP contribution in [0.15, 0.2) is 0 Å². The topological polar surface area (TPSA) is 50.4 Å². The number of hydrogen-bond acceptors (Lipinski definition) is 4. The molecule has 0 saturated carbocycles. The van der Waals surface area contributed by atoms with E-state index in [4.69, 9.17) is 4.74 Å². The molecule has 0 aromatic carbocycles. The Morgan fingerprint density at radius 1 is 1.21 bits per heavy atom. The molecule has 2 N–H and O–H groups in total. The number of nitrogens with one attached hydrogen (secondary N) is 2. The van der Waals surface area contributed by atoms with E-state index < -0.39 is 0 Å². The number of ether oxygens (including phenoxy) is 1. The third-order valence-corrected chi connectivity index (χ3v) is 2.48. The molecule has 0 radical (unpaired) electrons. The number of carbonyl (C=O) groups excluding carboxylic acids is 1. The molecule has 0 fully saturated rings. The number of esters is 1. The van der Waals surface area contributed by atoms with Crippen molar-refractivity contribution in [2.45, 2.75) is 19.4 Å². The number of hydrogen-bond donors (Lipinski definition) is 2. The van der Waals surface area contributed by atoms with Gasteiger partial charge in [0.15, 0.2) is 0 Å². The van der Waals surface area contributed by atoms with Crippen molar-refractivity contribution in [3.63, 3.8) is 0 Å². The van der Waals surface area contributed by atoms with E-state index in [2.05, 4.69) is 10.6 Å². The highest BCUT2D eigenvalue weighted by Crippen LogP contribution is 1.78. The van der Waals surface area contributed by atoms with E-state index in [1.165, 1.54) is 29.6 Å². The van der Waals surface area contributed by atoms with Gasteiger partial charge in [-0.2, -0.15) is 0 Å². The molecule has 0 unspecified atom stereocenters. The predicted molar refractivity (Wildman–Crippen MR) is 61.7 cm³/mol. The molecular weight excluding hydrogens is 196 g/mol. The summed E-state index contributed by atoms with van der Waals surface area (Å²) < 4.78 is 4.77. The minimum atomic E-state index is -0.211. The van der Waals surface area contributed by atoms with Crippen molar-refractivity contribution in [2.24, 2.45) is 0 Å². The number of carbonyl (C=O) groups is 1. The molecule has 0 aromatic rings. The number of rotatable bonds is 9. The molecule has 0 aliphatic heterocycles. The molecule has 4 nitrogen and oxygen atoms in total. The van der Waals surface area contributed by atoms with Crippen LogP contribution in [0.1, 0.15) is 13.3 Å². The summed E-state index contributed by atoms with van der Waals surface area (Å²) in [5.74, 6) is -0.211. The smallest absolute Gasteiger partial charge is 0.302 e. The summed E-state index contributed by atoms with van der Waals surface area (Å²) >= 11 is 0. The highest BCUT2D eigenvalue weighted by atomic mass is 28.1. The lowest BCUT2D eigenvalue weighted by Crippen LogP contribution is -2.30. The molecule has 5 heteroatoms. The Morgan fingerprint density at radius 2 is 1.86 bits per heavy atom. The molecular formula is C9H22N2O2Si. The molecule has 0 aliphatic carbocycles. The first kappa shape index (κ1) is 13.6. The lowest BCUT2D eigenvalue weighted by Gasteiger charge is -2.05. The van der Waals surface area contributed by atoms with Gasteiger partial charge in [0.25, 0.3) is 0 Å². The van der Waals surface area contributed by atoms with E-state index in [1.54, 1.807) is 0 Å². The van der Waals surface area contributed by atoms with Gasteiger partial charge in [-0.05, 0) is 13.0 Å². The molecule has 0 amide bonds. The third kappa shape index (κ3) is 11.6. The molecule has 14 heavy (non-hydrogen) atoms. The molecule has 0 atom stereocenters. The zero-order valence-electron chi connectivity index (χ0n) is 9.27. The van der Waals surface area contributed by atoms with Crippen LogP contribution in [0.25, 0.3) is 0 Å². The average molecular weight is 218 g/mol. The molecule has 0 rings (SSSR count). The lowest BCUT2D eigenvalue weighted by atomic mass is 10.4. The predicted octanol–water partition coefficient (Wildman–Crippen LogP) is -1.10. The summed E-state index contributed by atoms with van der Waals surface area (Å²) in [5.41, 5.74) is 0. The molecule has 0 saturated heterocycles. The Morgan fingerprint density at radius 3 is 2.43 bits per heavy atom. The summed E-state index contributed by atoms with van der Waals surface area (Å²) in [6, 6.07) is 1.37. The minimum absolute atomic E-state index is 0.211. The van der Waals surface area contributed by atoms with Crippen molar-refractivity contribution in [3.8, 4) is 0 Å². The summed E-state index contributed by atoms with van der Waals surface area (Å²) in [6.45, 7) is 5.67. The maximum atomic E-state index is 10.4. The van der Waals surface area contributed by atoms with E-state index in [0.29, 0.717) is 6.61 Å². The van der Waals surface area contributed by atoms with Crippen LogP contribution in [0.2, 0.25) is 6.04 Å². The van der Waals surface area contributed by atoms with Gasteiger partial charge in [-0.1, -0.05) is 6.04 Å². The second kappa shape index (κ2) is 10.7. The Kier molecular flexibility index (Phi) is 10.4. The van der Waals surface area contributed by atoms with E-state index in [9.17, 15) is 4.79 Å². The van der Waals surface area contributed by atoms with Crippen molar-refractivity contribution in [2.75, 3.05) is 32.8 Å². The standard InChI is InChI=1S/C9H22N2O2Si/c1-9(12)13-7-6-11-5-4-10-3-2-8-14/h10-11H,2-8H2,1,14H3. The first-order valence-corrected chi connectivity index (χ1v) is 6.73. The van der Waals surface area contributed by atoms with E-state index in [-0.39, 0.29) is 5.97 Å². The van der Waals surface area contributed by atoms with Crippen molar-refractivity contribution < 1.29 is 9.53 Å². The molecule has 0 aromatic heterocycles. The van der Waals surface area contributed by atoms with Crippen molar-refractivity contribution >= 4 is 16.2 Å². The van der Waals surface area contributed by atoms with Crippen LogP contribution in [0.5, 0.6) is 0 Å². The minimum Gasteiger partial charge on any atom is -0.465 e. The summed E-state index contributed by atoms with van der Waals surface area (Å²) in [4.78, 5) is 10.4. The van der Waals surface area contributed by atoms with Crippen molar-refractivity contribution in [3.05, 3.63) is 0 Å². The zero-order valence-corrected chi connectivity index (χ0v) is 11.3. The molecule has 0 heterocycles. The van der Waals surface area contributed by atoms with Gasteiger partial charge in [-0.25, -0.2) is 0 Å². The molecule has 0 spiro atoms. The average Bonchev–Trinajstić information content (AvgIpc) is 2.15. The summed E-state index contributed by atoms with van der Waals surface area (Å²) in [7, 11) is 1.30. The van der Waals surface area contributed by atoms with Crippen LogP contribution in [0.3, 0.4) is 0 Å². The van der Waals surface area contributed by atoms with Gasteiger partial charge in [0.2, 0.25) is 0 Å². The Bertz CT molecular complexity index is 145. The van der Waals surface area contributed by atoms with E-state index in [1.807, 2.05) is 0 Å². The highest BCUT2D eigenvalue weighted by molar-refractivity contribution is 6.08. The fourth-order valence-corrected chi connectivity index (χ4v) is 1.35. The summed E-state index contributed by atoms with van der Waals surface area (Å²) in [5, 5.41) is 6.52. The fourth-order valence-electron chi connectivity index (χ4n) is 0.995. The van der Waals surface area contributed by atoms with Gasteiger partial charge in [0, 0.05) is 36.8 Å². The fraction of sp³-hybridized carbons (Fsp3) is 0.889. The van der Waals surface area contributed by atoms with Crippen LogP contribution in [-0.2, 0) is 9.53 Å². The lowest BCUT2D eigenvalue weighted by molar-refractivity contribution is -0.140.